The number of fused-ring (bicyclic) bond motifs is 1. The summed E-state index contributed by atoms with van der Waals surface area (Å²) in [6.07, 6.45) is 10.4. The SMILES string of the molecule is CCN1C(C=CC2CCCOC2)=CCc2ccccc21. The highest BCUT2D eigenvalue weighted by Gasteiger charge is 2.17. The summed E-state index contributed by atoms with van der Waals surface area (Å²) in [5, 5.41) is 0. The fourth-order valence-corrected chi connectivity index (χ4v) is 3.07. The van der Waals surface area contributed by atoms with Crippen molar-refractivity contribution in [2.45, 2.75) is 26.2 Å². The third kappa shape index (κ3) is 2.80. The Balaban J connectivity index is 1.76. The van der Waals surface area contributed by atoms with Gasteiger partial charge in [0.1, 0.15) is 0 Å². The molecule has 106 valence electrons. The van der Waals surface area contributed by atoms with Gasteiger partial charge in [0, 0.05) is 30.5 Å². The topological polar surface area (TPSA) is 12.5 Å². The molecule has 0 aromatic heterocycles. The first-order valence-electron chi connectivity index (χ1n) is 7.70. The minimum absolute atomic E-state index is 0.584. The van der Waals surface area contributed by atoms with Crippen LogP contribution in [0.1, 0.15) is 25.3 Å². The molecule has 0 saturated carbocycles. The molecular weight excluding hydrogens is 246 g/mol. The number of para-hydroxylation sites is 1. The Labute approximate surface area is 121 Å². The smallest absolute Gasteiger partial charge is 0.0528 e. The first kappa shape index (κ1) is 13.4. The highest BCUT2D eigenvalue weighted by Crippen LogP contribution is 2.30. The van der Waals surface area contributed by atoms with Gasteiger partial charge in [-0.2, -0.15) is 0 Å². The zero-order valence-electron chi connectivity index (χ0n) is 12.2. The van der Waals surface area contributed by atoms with Crippen LogP contribution in [0.25, 0.3) is 0 Å². The normalized spacial score (nSPS) is 22.8. The standard InChI is InChI=1S/C18H23NO/c1-2-19-17(11-9-15-6-5-13-20-14-15)12-10-16-7-3-4-8-18(16)19/h3-4,7-9,11-12,15H,2,5-6,10,13-14H2,1H3. The van der Waals surface area contributed by atoms with Crippen LogP contribution in [-0.2, 0) is 11.2 Å². The highest BCUT2D eigenvalue weighted by molar-refractivity contribution is 5.63. The molecule has 1 aromatic carbocycles. The van der Waals surface area contributed by atoms with Crippen molar-refractivity contribution in [3.05, 3.63) is 53.8 Å². The average molecular weight is 269 g/mol. The van der Waals surface area contributed by atoms with Crippen molar-refractivity contribution in [2.75, 3.05) is 24.7 Å². The van der Waals surface area contributed by atoms with Crippen molar-refractivity contribution < 1.29 is 4.74 Å². The fourth-order valence-electron chi connectivity index (χ4n) is 3.07. The molecule has 0 spiro atoms. The Morgan fingerprint density at radius 2 is 2.25 bits per heavy atom. The molecular formula is C18H23NO. The molecule has 20 heavy (non-hydrogen) atoms. The molecule has 2 heteroatoms. The second-order valence-corrected chi connectivity index (χ2v) is 5.54. The molecule has 0 bridgehead atoms. The predicted octanol–water partition coefficient (Wildman–Crippen LogP) is 3.94. The van der Waals surface area contributed by atoms with Gasteiger partial charge in [-0.05, 0) is 43.9 Å². The van der Waals surface area contributed by atoms with Gasteiger partial charge in [-0.15, -0.1) is 0 Å². The van der Waals surface area contributed by atoms with Crippen molar-refractivity contribution in [1.82, 2.24) is 0 Å². The lowest BCUT2D eigenvalue weighted by Crippen LogP contribution is -2.25. The van der Waals surface area contributed by atoms with E-state index in [9.17, 15) is 0 Å². The van der Waals surface area contributed by atoms with E-state index in [1.807, 2.05) is 0 Å². The van der Waals surface area contributed by atoms with Gasteiger partial charge in [0.15, 0.2) is 0 Å². The molecule has 1 aromatic rings. The van der Waals surface area contributed by atoms with Crippen LogP contribution in [0.4, 0.5) is 5.69 Å². The molecule has 2 aliphatic heterocycles. The number of nitrogens with zero attached hydrogens (tertiary/aromatic N) is 1. The number of hydrogen-bond donors (Lipinski definition) is 0. The molecule has 2 aliphatic rings. The number of hydrogen-bond acceptors (Lipinski definition) is 2. The van der Waals surface area contributed by atoms with Crippen molar-refractivity contribution in [3.8, 4) is 0 Å². The van der Waals surface area contributed by atoms with Gasteiger partial charge in [0.25, 0.3) is 0 Å². The number of ether oxygens (including phenoxy) is 1. The molecule has 0 aliphatic carbocycles. The van der Waals surface area contributed by atoms with Crippen LogP contribution in [0.3, 0.4) is 0 Å². The Hall–Kier alpha value is -1.54. The van der Waals surface area contributed by atoms with Gasteiger partial charge in [-0.25, -0.2) is 0 Å². The van der Waals surface area contributed by atoms with E-state index in [1.165, 1.54) is 29.8 Å². The van der Waals surface area contributed by atoms with E-state index in [0.29, 0.717) is 5.92 Å². The molecule has 2 heterocycles. The molecule has 0 N–H and O–H groups in total. The highest BCUT2D eigenvalue weighted by atomic mass is 16.5. The van der Waals surface area contributed by atoms with Crippen molar-refractivity contribution >= 4 is 5.69 Å². The molecule has 1 unspecified atom stereocenters. The van der Waals surface area contributed by atoms with E-state index in [0.717, 1.165) is 26.2 Å². The lowest BCUT2D eigenvalue weighted by atomic mass is 9.99. The summed E-state index contributed by atoms with van der Waals surface area (Å²) in [6.45, 7) is 5.04. The average Bonchev–Trinajstić information content (AvgIpc) is 2.53. The van der Waals surface area contributed by atoms with Crippen molar-refractivity contribution in [3.63, 3.8) is 0 Å². The third-order valence-corrected chi connectivity index (χ3v) is 4.18. The maximum absolute atomic E-state index is 5.55. The van der Waals surface area contributed by atoms with Crippen LogP contribution in [0.2, 0.25) is 0 Å². The molecule has 3 rings (SSSR count). The Morgan fingerprint density at radius 3 is 3.05 bits per heavy atom. The Kier molecular flexibility index (Phi) is 4.22. The van der Waals surface area contributed by atoms with Crippen LogP contribution in [0.5, 0.6) is 0 Å². The van der Waals surface area contributed by atoms with E-state index in [4.69, 9.17) is 4.74 Å². The summed E-state index contributed by atoms with van der Waals surface area (Å²) in [5.41, 5.74) is 4.11. The Bertz CT molecular complexity index is 512. The zero-order chi connectivity index (χ0) is 13.8. The number of benzene rings is 1. The van der Waals surface area contributed by atoms with Gasteiger partial charge in [-0.1, -0.05) is 30.4 Å². The summed E-state index contributed by atoms with van der Waals surface area (Å²) < 4.78 is 5.55. The number of allylic oxidation sites excluding steroid dienone is 2. The van der Waals surface area contributed by atoms with Gasteiger partial charge >= 0.3 is 0 Å². The minimum atomic E-state index is 0.584. The van der Waals surface area contributed by atoms with E-state index < -0.39 is 0 Å². The maximum atomic E-state index is 5.55. The van der Waals surface area contributed by atoms with Gasteiger partial charge in [-0.3, -0.25) is 0 Å². The second kappa shape index (κ2) is 6.27. The number of likely N-dealkylation sites (N-methyl/N-ethyl adjacent to an activating group) is 1. The largest absolute Gasteiger partial charge is 0.381 e. The van der Waals surface area contributed by atoms with Crippen molar-refractivity contribution in [2.24, 2.45) is 5.92 Å². The second-order valence-electron chi connectivity index (χ2n) is 5.54. The summed E-state index contributed by atoms with van der Waals surface area (Å²) in [4.78, 5) is 2.40. The fraction of sp³-hybridized carbons (Fsp3) is 0.444. The maximum Gasteiger partial charge on any atom is 0.0528 e. The van der Waals surface area contributed by atoms with Gasteiger partial charge in [0.05, 0.1) is 6.61 Å². The minimum Gasteiger partial charge on any atom is -0.381 e. The molecule has 1 fully saturated rings. The monoisotopic (exact) mass is 269 g/mol. The summed E-state index contributed by atoms with van der Waals surface area (Å²) in [7, 11) is 0. The van der Waals surface area contributed by atoms with Crippen LogP contribution >= 0.6 is 0 Å². The number of anilines is 1. The van der Waals surface area contributed by atoms with E-state index >= 15 is 0 Å². The molecule has 1 saturated heterocycles. The van der Waals surface area contributed by atoms with Gasteiger partial charge in [0.2, 0.25) is 0 Å². The van der Waals surface area contributed by atoms with Crippen LogP contribution in [0.15, 0.2) is 48.2 Å². The van der Waals surface area contributed by atoms with Crippen LogP contribution < -0.4 is 4.90 Å². The molecule has 2 nitrogen and oxygen atoms in total. The van der Waals surface area contributed by atoms with Crippen LogP contribution in [-0.4, -0.2) is 19.8 Å². The molecule has 0 amide bonds. The van der Waals surface area contributed by atoms with Crippen LogP contribution in [0, 0.1) is 5.92 Å². The van der Waals surface area contributed by atoms with E-state index in [1.54, 1.807) is 0 Å². The van der Waals surface area contributed by atoms with E-state index in [2.05, 4.69) is 54.3 Å². The first-order chi connectivity index (χ1) is 9.88. The Morgan fingerprint density at radius 1 is 1.35 bits per heavy atom. The van der Waals surface area contributed by atoms with E-state index in [-0.39, 0.29) is 0 Å². The third-order valence-electron chi connectivity index (χ3n) is 4.18. The first-order valence-corrected chi connectivity index (χ1v) is 7.70. The van der Waals surface area contributed by atoms with Crippen molar-refractivity contribution in [1.29, 1.82) is 0 Å². The zero-order valence-corrected chi connectivity index (χ0v) is 12.2. The summed E-state index contributed by atoms with van der Waals surface area (Å²) in [5.74, 6) is 0.584. The molecule has 1 atom stereocenters. The quantitative estimate of drug-likeness (QED) is 0.824. The lowest BCUT2D eigenvalue weighted by Gasteiger charge is -2.30. The number of rotatable bonds is 3. The lowest BCUT2D eigenvalue weighted by molar-refractivity contribution is 0.0710. The summed E-state index contributed by atoms with van der Waals surface area (Å²) in [6, 6.07) is 8.71. The van der Waals surface area contributed by atoms with Gasteiger partial charge < -0.3 is 9.64 Å². The summed E-state index contributed by atoms with van der Waals surface area (Å²) >= 11 is 0. The predicted molar refractivity (Wildman–Crippen MR) is 83.9 cm³/mol. The molecule has 0 radical (unpaired) electrons.